The van der Waals surface area contributed by atoms with Crippen molar-refractivity contribution in [1.29, 1.82) is 5.26 Å². The molecule has 6 nitrogen and oxygen atoms in total. The highest BCUT2D eigenvalue weighted by Gasteiger charge is 2.26. The van der Waals surface area contributed by atoms with Crippen molar-refractivity contribution < 1.29 is 9.18 Å². The van der Waals surface area contributed by atoms with Crippen LogP contribution in [0.2, 0.25) is 0 Å². The van der Waals surface area contributed by atoms with Gasteiger partial charge in [-0.1, -0.05) is 0 Å². The van der Waals surface area contributed by atoms with E-state index in [0.717, 1.165) is 6.42 Å². The predicted octanol–water partition coefficient (Wildman–Crippen LogP) is 2.49. The van der Waals surface area contributed by atoms with Gasteiger partial charge in [-0.2, -0.15) is 5.26 Å². The van der Waals surface area contributed by atoms with Gasteiger partial charge in [-0.3, -0.25) is 0 Å². The zero-order valence-corrected chi connectivity index (χ0v) is 12.9. The van der Waals surface area contributed by atoms with E-state index in [1.165, 1.54) is 24.3 Å². The normalized spacial score (nSPS) is 16.5. The van der Waals surface area contributed by atoms with Gasteiger partial charge in [-0.25, -0.2) is 14.2 Å². The maximum absolute atomic E-state index is 12.9. The lowest BCUT2D eigenvalue weighted by atomic mass is 10.2. The number of nitrogens with one attached hydrogen (secondary N) is 2. The summed E-state index contributed by atoms with van der Waals surface area (Å²) in [5, 5.41) is 14.7. The number of hydrogen-bond acceptors (Lipinski definition) is 4. The number of urea groups is 1. The maximum atomic E-state index is 12.9. The minimum absolute atomic E-state index is 0.0426. The first-order valence-corrected chi connectivity index (χ1v) is 7.59. The van der Waals surface area contributed by atoms with Crippen LogP contribution in [0, 0.1) is 17.1 Å². The molecule has 1 saturated heterocycles. The zero-order valence-electron chi connectivity index (χ0n) is 12.9. The molecule has 0 aliphatic carbocycles. The lowest BCUT2D eigenvalue weighted by Crippen LogP contribution is -2.39. The molecule has 1 aromatic carbocycles. The third-order valence-electron chi connectivity index (χ3n) is 3.83. The fourth-order valence-electron chi connectivity index (χ4n) is 2.69. The molecule has 24 heavy (non-hydrogen) atoms. The second-order valence-corrected chi connectivity index (χ2v) is 5.52. The lowest BCUT2D eigenvalue weighted by molar-refractivity contribution is 0.249. The first-order valence-electron chi connectivity index (χ1n) is 7.59. The van der Waals surface area contributed by atoms with Crippen molar-refractivity contribution in [2.45, 2.75) is 12.5 Å². The molecule has 0 spiro atoms. The molecule has 1 aliphatic rings. The van der Waals surface area contributed by atoms with Crippen LogP contribution in [0.4, 0.5) is 20.7 Å². The van der Waals surface area contributed by atoms with Crippen LogP contribution in [0.25, 0.3) is 0 Å². The molecular weight excluding hydrogens is 309 g/mol. The number of nitriles is 1. The number of benzene rings is 1. The van der Waals surface area contributed by atoms with Crippen molar-refractivity contribution in [1.82, 2.24) is 10.3 Å². The van der Waals surface area contributed by atoms with Gasteiger partial charge in [-0.05, 0) is 42.8 Å². The third-order valence-corrected chi connectivity index (χ3v) is 3.83. The van der Waals surface area contributed by atoms with Crippen LogP contribution in [-0.4, -0.2) is 30.1 Å². The summed E-state index contributed by atoms with van der Waals surface area (Å²) in [4.78, 5) is 18.3. The fourth-order valence-corrected chi connectivity index (χ4v) is 2.69. The molecule has 1 atom stereocenters. The number of rotatable bonds is 3. The highest BCUT2D eigenvalue weighted by Crippen LogP contribution is 2.21. The molecule has 7 heteroatoms. The van der Waals surface area contributed by atoms with Crippen LogP contribution < -0.4 is 15.5 Å². The van der Waals surface area contributed by atoms with Crippen LogP contribution in [0.5, 0.6) is 0 Å². The van der Waals surface area contributed by atoms with E-state index in [2.05, 4.69) is 21.7 Å². The van der Waals surface area contributed by atoms with Crippen molar-refractivity contribution in [2.75, 3.05) is 23.3 Å². The van der Waals surface area contributed by atoms with Gasteiger partial charge >= 0.3 is 6.03 Å². The molecule has 2 amide bonds. The Labute approximate surface area is 138 Å². The number of aromatic nitrogens is 1. The second kappa shape index (κ2) is 6.96. The highest BCUT2D eigenvalue weighted by molar-refractivity contribution is 5.89. The SMILES string of the molecule is N#Cc1cccnc1N1CCC(NC(=O)Nc2ccc(F)cc2)C1. The quantitative estimate of drug-likeness (QED) is 0.908. The molecule has 0 radical (unpaired) electrons. The van der Waals surface area contributed by atoms with E-state index in [4.69, 9.17) is 5.26 Å². The van der Waals surface area contributed by atoms with Gasteiger partial charge in [0.25, 0.3) is 0 Å². The first-order chi connectivity index (χ1) is 11.7. The summed E-state index contributed by atoms with van der Waals surface area (Å²) < 4.78 is 12.9. The smallest absolute Gasteiger partial charge is 0.319 e. The molecule has 2 heterocycles. The molecule has 1 aromatic heterocycles. The molecular formula is C17H16FN5O. The Kier molecular flexibility index (Phi) is 4.57. The molecule has 0 saturated carbocycles. The highest BCUT2D eigenvalue weighted by atomic mass is 19.1. The molecule has 3 rings (SSSR count). The summed E-state index contributed by atoms with van der Waals surface area (Å²) in [5.74, 6) is 0.291. The Bertz CT molecular complexity index is 771. The number of carbonyl (C=O) groups excluding carboxylic acids is 1. The minimum Gasteiger partial charge on any atom is -0.353 e. The Morgan fingerprint density at radius 2 is 2.12 bits per heavy atom. The van der Waals surface area contributed by atoms with Gasteiger partial charge in [0.15, 0.2) is 0 Å². The number of carbonyl (C=O) groups is 1. The lowest BCUT2D eigenvalue weighted by Gasteiger charge is -2.19. The maximum Gasteiger partial charge on any atom is 0.319 e. The van der Waals surface area contributed by atoms with E-state index in [0.29, 0.717) is 30.2 Å². The van der Waals surface area contributed by atoms with Crippen LogP contribution in [-0.2, 0) is 0 Å². The predicted molar refractivity (Wildman–Crippen MR) is 88.1 cm³/mol. The molecule has 0 bridgehead atoms. The van der Waals surface area contributed by atoms with Crippen molar-refractivity contribution in [2.24, 2.45) is 0 Å². The molecule has 1 unspecified atom stereocenters. The zero-order chi connectivity index (χ0) is 16.9. The summed E-state index contributed by atoms with van der Waals surface area (Å²) in [7, 11) is 0. The van der Waals surface area contributed by atoms with Crippen molar-refractivity contribution >= 4 is 17.5 Å². The monoisotopic (exact) mass is 325 g/mol. The summed E-state index contributed by atoms with van der Waals surface area (Å²) in [6.45, 7) is 1.30. The summed E-state index contributed by atoms with van der Waals surface area (Å²) in [6.07, 6.45) is 2.41. The number of anilines is 2. The number of amides is 2. The van der Waals surface area contributed by atoms with E-state index in [1.54, 1.807) is 18.3 Å². The Balaban J connectivity index is 1.57. The fraction of sp³-hybridized carbons (Fsp3) is 0.235. The van der Waals surface area contributed by atoms with E-state index in [1.807, 2.05) is 4.90 Å². The standard InChI is InChI=1S/C17H16FN5O/c18-13-3-5-14(6-4-13)21-17(24)22-15-7-9-23(11-15)16-12(10-19)2-1-8-20-16/h1-6,8,15H,7,9,11H2,(H2,21,22,24). The summed E-state index contributed by atoms with van der Waals surface area (Å²) in [5.41, 5.74) is 1.05. The Morgan fingerprint density at radius 1 is 1.33 bits per heavy atom. The average Bonchev–Trinajstić information content (AvgIpc) is 3.05. The number of pyridine rings is 1. The van der Waals surface area contributed by atoms with E-state index in [9.17, 15) is 9.18 Å². The van der Waals surface area contributed by atoms with Gasteiger partial charge in [0.05, 0.1) is 5.56 Å². The summed E-state index contributed by atoms with van der Waals surface area (Å²) >= 11 is 0. The van der Waals surface area contributed by atoms with Crippen LogP contribution >= 0.6 is 0 Å². The number of halogens is 1. The first kappa shape index (κ1) is 15.7. The third kappa shape index (κ3) is 3.60. The van der Waals surface area contributed by atoms with E-state index < -0.39 is 0 Å². The van der Waals surface area contributed by atoms with Crippen molar-refractivity contribution in [3.63, 3.8) is 0 Å². The molecule has 2 aromatic rings. The molecule has 1 aliphatic heterocycles. The van der Waals surface area contributed by atoms with Crippen molar-refractivity contribution in [3.05, 3.63) is 54.0 Å². The Morgan fingerprint density at radius 3 is 2.88 bits per heavy atom. The largest absolute Gasteiger partial charge is 0.353 e. The van der Waals surface area contributed by atoms with Gasteiger partial charge in [0.1, 0.15) is 17.7 Å². The van der Waals surface area contributed by atoms with Crippen LogP contribution in [0.15, 0.2) is 42.6 Å². The minimum atomic E-state index is -0.351. The topological polar surface area (TPSA) is 81.1 Å². The molecule has 122 valence electrons. The Hall–Kier alpha value is -3.14. The van der Waals surface area contributed by atoms with E-state index >= 15 is 0 Å². The molecule has 2 N–H and O–H groups in total. The molecule has 1 fully saturated rings. The van der Waals surface area contributed by atoms with Gasteiger partial charge < -0.3 is 15.5 Å². The van der Waals surface area contributed by atoms with E-state index in [-0.39, 0.29) is 17.9 Å². The van der Waals surface area contributed by atoms with Gasteiger partial charge in [0, 0.05) is 31.0 Å². The second-order valence-electron chi connectivity index (χ2n) is 5.52. The van der Waals surface area contributed by atoms with Crippen molar-refractivity contribution in [3.8, 4) is 6.07 Å². The average molecular weight is 325 g/mol. The summed E-state index contributed by atoms with van der Waals surface area (Å²) in [6, 6.07) is 10.8. The van der Waals surface area contributed by atoms with Crippen LogP contribution in [0.3, 0.4) is 0 Å². The van der Waals surface area contributed by atoms with Gasteiger partial charge in [0.2, 0.25) is 0 Å². The number of nitrogens with zero attached hydrogens (tertiary/aromatic N) is 3. The number of hydrogen-bond donors (Lipinski definition) is 2. The van der Waals surface area contributed by atoms with Crippen LogP contribution in [0.1, 0.15) is 12.0 Å². The van der Waals surface area contributed by atoms with Gasteiger partial charge in [-0.15, -0.1) is 0 Å².